The minimum Gasteiger partial charge on any atom is -0.371 e. The summed E-state index contributed by atoms with van der Waals surface area (Å²) in [6, 6.07) is 4.31. The number of nitrogens with one attached hydrogen (secondary N) is 3. The van der Waals surface area contributed by atoms with Gasteiger partial charge in [-0.15, -0.1) is 0 Å². The zero-order chi connectivity index (χ0) is 17.1. The summed E-state index contributed by atoms with van der Waals surface area (Å²) in [5, 5.41) is 3.59. The van der Waals surface area contributed by atoms with E-state index >= 15 is 0 Å². The molecule has 6 heteroatoms. The predicted molar refractivity (Wildman–Crippen MR) is 95.9 cm³/mol. The summed E-state index contributed by atoms with van der Waals surface area (Å²) in [6.07, 6.45) is 3.45. The minimum absolute atomic E-state index is 0.00506. The van der Waals surface area contributed by atoms with Crippen molar-refractivity contribution in [3.05, 3.63) is 39.8 Å². The summed E-state index contributed by atoms with van der Waals surface area (Å²) in [5.41, 5.74) is 9.71. The maximum absolute atomic E-state index is 13.0. The van der Waals surface area contributed by atoms with Crippen LogP contribution in [0.3, 0.4) is 0 Å². The highest BCUT2D eigenvalue weighted by molar-refractivity contribution is 9.10. The van der Waals surface area contributed by atoms with E-state index in [4.69, 9.17) is 0 Å². The topological polar surface area (TPSA) is 66.0 Å². The molecule has 1 aromatic rings. The van der Waals surface area contributed by atoms with Crippen LogP contribution >= 0.6 is 15.9 Å². The van der Waals surface area contributed by atoms with Gasteiger partial charge in [0.1, 0.15) is 0 Å². The summed E-state index contributed by atoms with van der Waals surface area (Å²) in [4.78, 5) is 17.7. The van der Waals surface area contributed by atoms with Gasteiger partial charge in [0.25, 0.3) is 0 Å². The number of carbonyl (C=O) groups is 1. The number of carbonyl (C=O) groups excluding carboxylic acids is 1. The third-order valence-corrected chi connectivity index (χ3v) is 5.91. The van der Waals surface area contributed by atoms with Crippen LogP contribution in [0.15, 0.2) is 34.1 Å². The summed E-state index contributed by atoms with van der Waals surface area (Å²) >= 11 is 3.45. The summed E-state index contributed by atoms with van der Waals surface area (Å²) < 4.78 is 0.956. The molecule has 2 aliphatic heterocycles. The Labute approximate surface area is 150 Å². The Kier molecular flexibility index (Phi) is 3.82. The van der Waals surface area contributed by atoms with Crippen molar-refractivity contribution in [2.75, 3.05) is 0 Å². The van der Waals surface area contributed by atoms with Crippen molar-refractivity contribution in [2.24, 2.45) is 11.3 Å². The van der Waals surface area contributed by atoms with Crippen LogP contribution in [0, 0.1) is 11.3 Å². The van der Waals surface area contributed by atoms with Gasteiger partial charge in [0.15, 0.2) is 5.78 Å². The van der Waals surface area contributed by atoms with Crippen molar-refractivity contribution in [1.29, 1.82) is 0 Å². The quantitative estimate of drug-likeness (QED) is 0.687. The third kappa shape index (κ3) is 2.61. The molecule has 3 aliphatic rings. The number of hydrogen-bond acceptors (Lipinski definition) is 5. The maximum Gasteiger partial charge on any atom is 0.161 e. The van der Waals surface area contributed by atoms with E-state index in [0.29, 0.717) is 6.42 Å². The molecule has 3 N–H and O–H groups in total. The largest absolute Gasteiger partial charge is 0.371 e. The van der Waals surface area contributed by atoms with E-state index < -0.39 is 0 Å². The lowest BCUT2D eigenvalue weighted by Crippen LogP contribution is -2.52. The normalized spacial score (nSPS) is 34.6. The van der Waals surface area contributed by atoms with Gasteiger partial charge >= 0.3 is 0 Å². The number of allylic oxidation sites excluding steroid dienone is 2. The fourth-order valence-electron chi connectivity index (χ4n) is 4.44. The summed E-state index contributed by atoms with van der Waals surface area (Å²) in [6.45, 7) is 6.49. The van der Waals surface area contributed by atoms with Crippen molar-refractivity contribution in [3.63, 3.8) is 0 Å². The fraction of sp³-hybridized carbons (Fsp3) is 0.556. The smallest absolute Gasteiger partial charge is 0.161 e. The molecule has 1 saturated heterocycles. The predicted octanol–water partition coefficient (Wildman–Crippen LogP) is 2.61. The van der Waals surface area contributed by atoms with E-state index in [1.165, 1.54) is 0 Å². The highest BCUT2D eigenvalue weighted by atomic mass is 79.9. The van der Waals surface area contributed by atoms with E-state index in [-0.39, 0.29) is 35.2 Å². The lowest BCUT2D eigenvalue weighted by molar-refractivity contribution is -0.118. The standard InChI is InChI=1S/C18H23BrN4O/c1-9-14-16(11-5-4-10(19)8-20-11)15-12(21-17(14)23-22-9)6-18(2,3)7-13(15)24/h4-5,8-9,14,16-17,21-23H,6-7H2,1-3H3. The number of rotatable bonds is 1. The van der Waals surface area contributed by atoms with Gasteiger partial charge in [-0.3, -0.25) is 15.2 Å². The van der Waals surface area contributed by atoms with E-state index in [1.807, 2.05) is 18.3 Å². The number of hydrogen-bond donors (Lipinski definition) is 3. The zero-order valence-electron chi connectivity index (χ0n) is 14.2. The summed E-state index contributed by atoms with van der Waals surface area (Å²) in [5.74, 6) is 0.545. The molecule has 128 valence electrons. The molecule has 1 fully saturated rings. The number of nitrogens with zero attached hydrogens (tertiary/aromatic N) is 1. The Morgan fingerprint density at radius 2 is 2.04 bits per heavy atom. The number of hydrazine groups is 1. The number of Topliss-reactive ketones (excluding diaryl/α,β-unsaturated/α-hetero) is 1. The Hall–Kier alpha value is -1.24. The molecule has 5 nitrogen and oxygen atoms in total. The molecule has 0 amide bonds. The maximum atomic E-state index is 13.0. The van der Waals surface area contributed by atoms with Gasteiger partial charge in [-0.1, -0.05) is 13.8 Å². The van der Waals surface area contributed by atoms with Crippen LogP contribution in [0.2, 0.25) is 0 Å². The first-order valence-corrected chi connectivity index (χ1v) is 9.30. The highest BCUT2D eigenvalue weighted by Crippen LogP contribution is 2.47. The number of pyridine rings is 1. The third-order valence-electron chi connectivity index (χ3n) is 5.44. The van der Waals surface area contributed by atoms with E-state index in [1.54, 1.807) is 0 Å². The number of ketones is 1. The Morgan fingerprint density at radius 1 is 1.25 bits per heavy atom. The molecule has 4 atom stereocenters. The molecule has 4 rings (SSSR count). The average Bonchev–Trinajstić information content (AvgIpc) is 2.86. The lowest BCUT2D eigenvalue weighted by Gasteiger charge is -2.43. The lowest BCUT2D eigenvalue weighted by atomic mass is 9.66. The first-order chi connectivity index (χ1) is 11.4. The van der Waals surface area contributed by atoms with Crippen LogP contribution < -0.4 is 16.2 Å². The van der Waals surface area contributed by atoms with E-state index in [9.17, 15) is 4.79 Å². The molecule has 0 spiro atoms. The first-order valence-electron chi connectivity index (χ1n) is 8.51. The van der Waals surface area contributed by atoms with Crippen LogP contribution in [0.5, 0.6) is 0 Å². The van der Waals surface area contributed by atoms with Crippen LogP contribution in [0.25, 0.3) is 0 Å². The summed E-state index contributed by atoms with van der Waals surface area (Å²) in [7, 11) is 0. The molecule has 0 bridgehead atoms. The molecular weight excluding hydrogens is 368 g/mol. The Bertz CT molecular complexity index is 712. The minimum atomic E-state index is 0.00506. The van der Waals surface area contributed by atoms with Crippen molar-refractivity contribution >= 4 is 21.7 Å². The molecule has 1 aromatic heterocycles. The second kappa shape index (κ2) is 5.64. The average molecular weight is 391 g/mol. The Balaban J connectivity index is 1.85. The molecule has 24 heavy (non-hydrogen) atoms. The number of fused-ring (bicyclic) bond motifs is 1. The molecule has 3 heterocycles. The van der Waals surface area contributed by atoms with Gasteiger partial charge in [-0.25, -0.2) is 5.43 Å². The number of halogens is 1. The zero-order valence-corrected chi connectivity index (χ0v) is 15.8. The van der Waals surface area contributed by atoms with Gasteiger partial charge in [0, 0.05) is 51.9 Å². The van der Waals surface area contributed by atoms with Crippen molar-refractivity contribution in [1.82, 2.24) is 21.2 Å². The molecule has 0 saturated carbocycles. The second-order valence-electron chi connectivity index (χ2n) is 7.99. The molecule has 0 aromatic carbocycles. The molecule has 0 radical (unpaired) electrons. The first kappa shape index (κ1) is 16.2. The van der Waals surface area contributed by atoms with Gasteiger partial charge in [-0.05, 0) is 46.8 Å². The fourth-order valence-corrected chi connectivity index (χ4v) is 4.67. The van der Waals surface area contributed by atoms with Gasteiger partial charge in [-0.2, -0.15) is 0 Å². The van der Waals surface area contributed by atoms with Crippen LogP contribution in [-0.4, -0.2) is 23.0 Å². The molecular formula is C18H23BrN4O. The van der Waals surface area contributed by atoms with Crippen LogP contribution in [-0.2, 0) is 4.79 Å². The van der Waals surface area contributed by atoms with Gasteiger partial charge < -0.3 is 5.32 Å². The van der Waals surface area contributed by atoms with Crippen molar-refractivity contribution in [2.45, 2.75) is 51.7 Å². The van der Waals surface area contributed by atoms with Crippen molar-refractivity contribution in [3.8, 4) is 0 Å². The second-order valence-corrected chi connectivity index (χ2v) is 8.90. The SMILES string of the molecule is CC1NNC2NC3=C(C(=O)CC(C)(C)C3)C(c3ccc(Br)cn3)C12. The molecule has 4 unspecified atom stereocenters. The van der Waals surface area contributed by atoms with E-state index in [2.05, 4.69) is 57.9 Å². The Morgan fingerprint density at radius 3 is 2.75 bits per heavy atom. The molecule has 1 aliphatic carbocycles. The van der Waals surface area contributed by atoms with Crippen LogP contribution in [0.4, 0.5) is 0 Å². The van der Waals surface area contributed by atoms with Crippen LogP contribution in [0.1, 0.15) is 45.2 Å². The van der Waals surface area contributed by atoms with Gasteiger partial charge in [0.05, 0.1) is 6.17 Å². The van der Waals surface area contributed by atoms with E-state index in [0.717, 1.165) is 27.9 Å². The van der Waals surface area contributed by atoms with Crippen molar-refractivity contribution < 1.29 is 4.79 Å². The monoisotopic (exact) mass is 390 g/mol. The number of aromatic nitrogens is 1. The van der Waals surface area contributed by atoms with Gasteiger partial charge in [0.2, 0.25) is 0 Å². The highest BCUT2D eigenvalue weighted by Gasteiger charge is 2.50.